The van der Waals surface area contributed by atoms with Gasteiger partial charge in [0, 0.05) is 7.11 Å². The molecule has 10 heavy (non-hydrogen) atoms. The summed E-state index contributed by atoms with van der Waals surface area (Å²) in [5.41, 5.74) is 0.970. The molecule has 0 N–H and O–H groups in total. The first-order valence-corrected chi connectivity index (χ1v) is 3.23. The molecule has 0 amide bonds. The van der Waals surface area contributed by atoms with Gasteiger partial charge < -0.3 is 4.74 Å². The maximum Gasteiger partial charge on any atom is 0.143 e. The fourth-order valence-corrected chi connectivity index (χ4v) is 1.04. The van der Waals surface area contributed by atoms with Gasteiger partial charge in [-0.1, -0.05) is 12.2 Å². The molecule has 0 heterocycles. The Labute approximate surface area is 60.2 Å². The molecule has 1 aliphatic rings. The SMILES string of the molecule is CO[C@H]1CC=C/C1=C/C=O. The van der Waals surface area contributed by atoms with Crippen LogP contribution in [0.2, 0.25) is 0 Å². The summed E-state index contributed by atoms with van der Waals surface area (Å²) in [6.07, 6.45) is 7.24. The van der Waals surface area contributed by atoms with Crippen molar-refractivity contribution in [3.05, 3.63) is 23.8 Å². The van der Waals surface area contributed by atoms with Gasteiger partial charge in [0.2, 0.25) is 0 Å². The van der Waals surface area contributed by atoms with Crippen LogP contribution < -0.4 is 0 Å². The standard InChI is InChI=1S/C8H10O2/c1-10-8-4-2-3-7(8)5-6-9/h2-3,5-6,8H,4H2,1H3/b7-5-/t8-/m0/s1. The van der Waals surface area contributed by atoms with Gasteiger partial charge in [-0.05, 0) is 18.1 Å². The zero-order chi connectivity index (χ0) is 7.40. The van der Waals surface area contributed by atoms with Gasteiger partial charge in [0.15, 0.2) is 0 Å². The number of allylic oxidation sites excluding steroid dienone is 1. The van der Waals surface area contributed by atoms with Crippen LogP contribution in [-0.4, -0.2) is 19.5 Å². The van der Waals surface area contributed by atoms with E-state index in [1.165, 1.54) is 6.08 Å². The maximum atomic E-state index is 10.1. The Kier molecular flexibility index (Phi) is 2.40. The lowest BCUT2D eigenvalue weighted by atomic mass is 10.2. The number of methoxy groups -OCH3 is 1. The monoisotopic (exact) mass is 138 g/mol. The van der Waals surface area contributed by atoms with Crippen molar-refractivity contribution in [2.75, 3.05) is 7.11 Å². The highest BCUT2D eigenvalue weighted by Gasteiger charge is 2.13. The highest BCUT2D eigenvalue weighted by molar-refractivity contribution is 5.68. The fourth-order valence-electron chi connectivity index (χ4n) is 1.04. The van der Waals surface area contributed by atoms with Crippen molar-refractivity contribution in [3.63, 3.8) is 0 Å². The lowest BCUT2D eigenvalue weighted by Gasteiger charge is -2.07. The molecule has 0 spiro atoms. The van der Waals surface area contributed by atoms with Crippen molar-refractivity contribution < 1.29 is 9.53 Å². The normalized spacial score (nSPS) is 27.7. The molecule has 1 rings (SSSR count). The van der Waals surface area contributed by atoms with Crippen molar-refractivity contribution in [2.45, 2.75) is 12.5 Å². The summed E-state index contributed by atoms with van der Waals surface area (Å²) in [7, 11) is 1.65. The highest BCUT2D eigenvalue weighted by Crippen LogP contribution is 2.18. The number of hydrogen-bond acceptors (Lipinski definition) is 2. The maximum absolute atomic E-state index is 10.1. The Balaban J connectivity index is 2.65. The largest absolute Gasteiger partial charge is 0.376 e. The van der Waals surface area contributed by atoms with Gasteiger partial charge in [0.1, 0.15) is 6.29 Å². The molecule has 2 nitrogen and oxygen atoms in total. The first-order chi connectivity index (χ1) is 4.88. The lowest BCUT2D eigenvalue weighted by Crippen LogP contribution is -2.07. The molecule has 0 radical (unpaired) electrons. The van der Waals surface area contributed by atoms with E-state index in [2.05, 4.69) is 0 Å². The number of aldehydes is 1. The van der Waals surface area contributed by atoms with Gasteiger partial charge >= 0.3 is 0 Å². The van der Waals surface area contributed by atoms with Crippen LogP contribution in [0.25, 0.3) is 0 Å². The smallest absolute Gasteiger partial charge is 0.143 e. The number of carbonyl (C=O) groups excluding carboxylic acids is 1. The molecule has 0 aromatic heterocycles. The van der Waals surface area contributed by atoms with E-state index < -0.39 is 0 Å². The van der Waals surface area contributed by atoms with Crippen LogP contribution >= 0.6 is 0 Å². The van der Waals surface area contributed by atoms with Gasteiger partial charge in [-0.15, -0.1) is 0 Å². The van der Waals surface area contributed by atoms with Gasteiger partial charge in [-0.2, -0.15) is 0 Å². The van der Waals surface area contributed by atoms with Gasteiger partial charge in [0.05, 0.1) is 6.10 Å². The molecule has 0 fully saturated rings. The van der Waals surface area contributed by atoms with Gasteiger partial charge in [-0.25, -0.2) is 0 Å². The molecule has 0 bridgehead atoms. The average molecular weight is 138 g/mol. The Hall–Kier alpha value is -0.890. The van der Waals surface area contributed by atoms with Crippen molar-refractivity contribution in [3.8, 4) is 0 Å². The lowest BCUT2D eigenvalue weighted by molar-refractivity contribution is -0.104. The highest BCUT2D eigenvalue weighted by atomic mass is 16.5. The minimum Gasteiger partial charge on any atom is -0.376 e. The molecule has 54 valence electrons. The summed E-state index contributed by atoms with van der Waals surface area (Å²) in [4.78, 5) is 10.1. The van der Waals surface area contributed by atoms with Crippen LogP contribution in [0.5, 0.6) is 0 Å². The zero-order valence-electron chi connectivity index (χ0n) is 5.91. The Bertz CT molecular complexity index is 180. The van der Waals surface area contributed by atoms with Crippen molar-refractivity contribution in [2.24, 2.45) is 0 Å². The molecule has 1 aliphatic carbocycles. The molecule has 1 atom stereocenters. The Morgan fingerprint density at radius 1 is 1.80 bits per heavy atom. The second-order valence-electron chi connectivity index (χ2n) is 2.17. The van der Waals surface area contributed by atoms with E-state index in [1.807, 2.05) is 12.2 Å². The van der Waals surface area contributed by atoms with Crippen molar-refractivity contribution in [1.29, 1.82) is 0 Å². The molecule has 0 aromatic carbocycles. The van der Waals surface area contributed by atoms with Crippen LogP contribution in [0.4, 0.5) is 0 Å². The Morgan fingerprint density at radius 3 is 3.20 bits per heavy atom. The van der Waals surface area contributed by atoms with E-state index in [1.54, 1.807) is 7.11 Å². The van der Waals surface area contributed by atoms with E-state index in [0.717, 1.165) is 18.3 Å². The number of rotatable bonds is 2. The Morgan fingerprint density at radius 2 is 2.60 bits per heavy atom. The summed E-state index contributed by atoms with van der Waals surface area (Å²) in [6, 6.07) is 0. The first-order valence-electron chi connectivity index (χ1n) is 3.23. The van der Waals surface area contributed by atoms with E-state index in [-0.39, 0.29) is 6.10 Å². The van der Waals surface area contributed by atoms with Crippen LogP contribution in [0.3, 0.4) is 0 Å². The summed E-state index contributed by atoms with van der Waals surface area (Å²) >= 11 is 0. The molecule has 0 aromatic rings. The van der Waals surface area contributed by atoms with E-state index >= 15 is 0 Å². The van der Waals surface area contributed by atoms with Gasteiger partial charge in [-0.3, -0.25) is 4.79 Å². The molecule has 0 saturated heterocycles. The van der Waals surface area contributed by atoms with E-state index in [0.29, 0.717) is 0 Å². The second-order valence-corrected chi connectivity index (χ2v) is 2.17. The fraction of sp³-hybridized carbons (Fsp3) is 0.375. The topological polar surface area (TPSA) is 26.3 Å². The molecule has 0 unspecified atom stereocenters. The number of hydrogen-bond donors (Lipinski definition) is 0. The molecule has 0 saturated carbocycles. The van der Waals surface area contributed by atoms with Crippen molar-refractivity contribution in [1.82, 2.24) is 0 Å². The summed E-state index contributed by atoms with van der Waals surface area (Å²) in [5.74, 6) is 0. The zero-order valence-corrected chi connectivity index (χ0v) is 5.91. The number of carbonyl (C=O) groups is 1. The average Bonchev–Trinajstić information content (AvgIpc) is 2.36. The third-order valence-corrected chi connectivity index (χ3v) is 1.58. The van der Waals surface area contributed by atoms with Crippen LogP contribution in [0.1, 0.15) is 6.42 Å². The van der Waals surface area contributed by atoms with Crippen LogP contribution in [0, 0.1) is 0 Å². The summed E-state index contributed by atoms with van der Waals surface area (Å²) in [5, 5.41) is 0. The molecule has 0 aliphatic heterocycles. The quantitative estimate of drug-likeness (QED) is 0.421. The molecular formula is C8H10O2. The summed E-state index contributed by atoms with van der Waals surface area (Å²) in [6.45, 7) is 0. The third-order valence-electron chi connectivity index (χ3n) is 1.58. The second kappa shape index (κ2) is 3.32. The van der Waals surface area contributed by atoms with Crippen molar-refractivity contribution >= 4 is 6.29 Å². The molecular weight excluding hydrogens is 128 g/mol. The molecule has 2 heteroatoms. The predicted molar refractivity (Wildman–Crippen MR) is 38.7 cm³/mol. The first kappa shape index (κ1) is 7.22. The minimum absolute atomic E-state index is 0.102. The van der Waals surface area contributed by atoms with E-state index in [4.69, 9.17) is 4.74 Å². The van der Waals surface area contributed by atoms with E-state index in [9.17, 15) is 4.79 Å². The summed E-state index contributed by atoms with van der Waals surface area (Å²) < 4.78 is 5.09. The van der Waals surface area contributed by atoms with Gasteiger partial charge in [0.25, 0.3) is 0 Å². The third kappa shape index (κ3) is 1.33. The minimum atomic E-state index is 0.102. The van der Waals surface area contributed by atoms with Crippen LogP contribution in [0.15, 0.2) is 23.8 Å². The predicted octanol–water partition coefficient (Wildman–Crippen LogP) is 1.09. The van der Waals surface area contributed by atoms with Crippen LogP contribution in [-0.2, 0) is 9.53 Å². The number of ether oxygens (including phenoxy) is 1.